The summed E-state index contributed by atoms with van der Waals surface area (Å²) >= 11 is 0. The van der Waals surface area contributed by atoms with Gasteiger partial charge in [0, 0.05) is 5.56 Å². The molecule has 3 nitrogen and oxygen atoms in total. The van der Waals surface area contributed by atoms with E-state index in [1.54, 1.807) is 18.2 Å². The van der Waals surface area contributed by atoms with Crippen LogP contribution < -0.4 is 4.74 Å². The molecule has 0 aliphatic carbocycles. The van der Waals surface area contributed by atoms with Gasteiger partial charge in [0.1, 0.15) is 5.75 Å². The van der Waals surface area contributed by atoms with Crippen molar-refractivity contribution in [1.82, 2.24) is 0 Å². The van der Waals surface area contributed by atoms with Gasteiger partial charge < -0.3 is 9.84 Å². The first-order chi connectivity index (χ1) is 6.17. The number of aliphatic hydroxyl groups is 1. The van der Waals surface area contributed by atoms with Crippen LogP contribution in [-0.2, 0) is 6.61 Å². The maximum atomic E-state index is 11.0. The second kappa shape index (κ2) is 4.05. The highest BCUT2D eigenvalue weighted by atomic mass is 16.5. The zero-order chi connectivity index (χ0) is 9.84. The number of hydrogen-bond acceptors (Lipinski definition) is 3. The first-order valence-electron chi connectivity index (χ1n) is 3.97. The normalized spacial score (nSPS) is 9.77. The van der Waals surface area contributed by atoms with Gasteiger partial charge in [-0.05, 0) is 30.7 Å². The maximum absolute atomic E-state index is 11.0. The molecule has 1 rings (SSSR count). The van der Waals surface area contributed by atoms with Crippen molar-refractivity contribution in [3.8, 4) is 5.75 Å². The lowest BCUT2D eigenvalue weighted by Crippen LogP contribution is -1.96. The van der Waals surface area contributed by atoms with E-state index in [0.717, 1.165) is 0 Å². The summed E-state index contributed by atoms with van der Waals surface area (Å²) in [6.07, 6.45) is 0. The second-order valence-corrected chi connectivity index (χ2v) is 2.78. The van der Waals surface area contributed by atoms with Gasteiger partial charge in [0.25, 0.3) is 0 Å². The van der Waals surface area contributed by atoms with Crippen molar-refractivity contribution in [2.75, 3.05) is 7.11 Å². The molecule has 0 saturated heterocycles. The van der Waals surface area contributed by atoms with E-state index in [-0.39, 0.29) is 12.4 Å². The van der Waals surface area contributed by atoms with Crippen LogP contribution in [0.25, 0.3) is 0 Å². The SMILES string of the molecule is COc1cc(CO)cc(C(C)=O)c1. The molecule has 1 aromatic rings. The van der Waals surface area contributed by atoms with Crippen LogP contribution in [0.1, 0.15) is 22.8 Å². The number of ketones is 1. The summed E-state index contributed by atoms with van der Waals surface area (Å²) in [4.78, 5) is 11.0. The fourth-order valence-corrected chi connectivity index (χ4v) is 1.07. The fourth-order valence-electron chi connectivity index (χ4n) is 1.07. The molecule has 1 N–H and O–H groups in total. The number of methoxy groups -OCH3 is 1. The Labute approximate surface area is 77.0 Å². The van der Waals surface area contributed by atoms with Gasteiger partial charge in [-0.15, -0.1) is 0 Å². The molecular weight excluding hydrogens is 168 g/mol. The van der Waals surface area contributed by atoms with Gasteiger partial charge in [-0.1, -0.05) is 0 Å². The summed E-state index contributed by atoms with van der Waals surface area (Å²) in [5.41, 5.74) is 1.24. The topological polar surface area (TPSA) is 46.5 Å². The molecule has 0 spiro atoms. The first kappa shape index (κ1) is 9.74. The Morgan fingerprint density at radius 1 is 1.46 bits per heavy atom. The minimum atomic E-state index is -0.0858. The molecule has 0 bridgehead atoms. The summed E-state index contributed by atoms with van der Waals surface area (Å²) in [6.45, 7) is 1.40. The molecule has 0 amide bonds. The zero-order valence-corrected chi connectivity index (χ0v) is 7.70. The number of hydrogen-bond donors (Lipinski definition) is 1. The molecule has 13 heavy (non-hydrogen) atoms. The van der Waals surface area contributed by atoms with Gasteiger partial charge >= 0.3 is 0 Å². The number of rotatable bonds is 3. The third kappa shape index (κ3) is 2.29. The van der Waals surface area contributed by atoms with Crippen LogP contribution in [0.3, 0.4) is 0 Å². The van der Waals surface area contributed by atoms with Gasteiger partial charge in [-0.2, -0.15) is 0 Å². The van der Waals surface area contributed by atoms with Crippen molar-refractivity contribution in [3.05, 3.63) is 29.3 Å². The summed E-state index contributed by atoms with van der Waals surface area (Å²) in [7, 11) is 1.53. The van der Waals surface area contributed by atoms with Gasteiger partial charge in [0.15, 0.2) is 5.78 Å². The number of Topliss-reactive ketones (excluding diaryl/α,β-unsaturated/α-hetero) is 1. The molecule has 0 aromatic heterocycles. The van der Waals surface area contributed by atoms with Crippen LogP contribution in [0, 0.1) is 0 Å². The van der Waals surface area contributed by atoms with Gasteiger partial charge in [0.05, 0.1) is 13.7 Å². The molecule has 0 saturated carbocycles. The summed E-state index contributed by atoms with van der Waals surface area (Å²) in [6, 6.07) is 5.01. The summed E-state index contributed by atoms with van der Waals surface area (Å²) in [5.74, 6) is 0.561. The highest BCUT2D eigenvalue weighted by Gasteiger charge is 2.03. The van der Waals surface area contributed by atoms with E-state index in [4.69, 9.17) is 9.84 Å². The smallest absolute Gasteiger partial charge is 0.159 e. The van der Waals surface area contributed by atoms with E-state index in [1.807, 2.05) is 0 Å². The van der Waals surface area contributed by atoms with E-state index in [2.05, 4.69) is 0 Å². The quantitative estimate of drug-likeness (QED) is 0.715. The van der Waals surface area contributed by atoms with E-state index < -0.39 is 0 Å². The van der Waals surface area contributed by atoms with Crippen molar-refractivity contribution in [2.45, 2.75) is 13.5 Å². The van der Waals surface area contributed by atoms with Crippen LogP contribution in [0.5, 0.6) is 5.75 Å². The van der Waals surface area contributed by atoms with E-state index in [9.17, 15) is 4.79 Å². The molecule has 0 radical (unpaired) electrons. The van der Waals surface area contributed by atoms with Crippen molar-refractivity contribution in [1.29, 1.82) is 0 Å². The molecule has 0 aliphatic heterocycles. The predicted molar refractivity (Wildman–Crippen MR) is 48.9 cm³/mol. The molecular formula is C10H12O3. The first-order valence-corrected chi connectivity index (χ1v) is 3.97. The van der Waals surface area contributed by atoms with Crippen molar-refractivity contribution in [3.63, 3.8) is 0 Å². The van der Waals surface area contributed by atoms with Crippen molar-refractivity contribution >= 4 is 5.78 Å². The molecule has 0 unspecified atom stereocenters. The fraction of sp³-hybridized carbons (Fsp3) is 0.300. The Balaban J connectivity index is 3.14. The minimum Gasteiger partial charge on any atom is -0.497 e. The lowest BCUT2D eigenvalue weighted by atomic mass is 10.1. The Morgan fingerprint density at radius 2 is 2.15 bits per heavy atom. The minimum absolute atomic E-state index is 0.0337. The number of aliphatic hydroxyl groups excluding tert-OH is 1. The summed E-state index contributed by atoms with van der Waals surface area (Å²) in [5, 5.41) is 8.90. The van der Waals surface area contributed by atoms with E-state index in [1.165, 1.54) is 14.0 Å². The van der Waals surface area contributed by atoms with E-state index in [0.29, 0.717) is 16.9 Å². The average molecular weight is 180 g/mol. The van der Waals surface area contributed by atoms with Crippen molar-refractivity contribution in [2.24, 2.45) is 0 Å². The number of ether oxygens (including phenoxy) is 1. The highest BCUT2D eigenvalue weighted by molar-refractivity contribution is 5.94. The molecule has 70 valence electrons. The van der Waals surface area contributed by atoms with Crippen LogP contribution >= 0.6 is 0 Å². The average Bonchev–Trinajstić information content (AvgIpc) is 2.16. The Bertz CT molecular complexity index is 296. The Morgan fingerprint density at radius 3 is 2.62 bits per heavy atom. The zero-order valence-electron chi connectivity index (χ0n) is 7.70. The van der Waals surface area contributed by atoms with Crippen LogP contribution in [0.2, 0.25) is 0 Å². The van der Waals surface area contributed by atoms with Crippen molar-refractivity contribution < 1.29 is 14.6 Å². The van der Waals surface area contributed by atoms with Crippen LogP contribution in [0.4, 0.5) is 0 Å². The van der Waals surface area contributed by atoms with Gasteiger partial charge in [0.2, 0.25) is 0 Å². The van der Waals surface area contributed by atoms with Gasteiger partial charge in [-0.25, -0.2) is 0 Å². The molecule has 0 heterocycles. The Hall–Kier alpha value is -1.35. The highest BCUT2D eigenvalue weighted by Crippen LogP contribution is 2.17. The lowest BCUT2D eigenvalue weighted by molar-refractivity contribution is 0.101. The van der Waals surface area contributed by atoms with Crippen LogP contribution in [0.15, 0.2) is 18.2 Å². The number of benzene rings is 1. The van der Waals surface area contributed by atoms with Crippen LogP contribution in [-0.4, -0.2) is 18.0 Å². The molecule has 1 aromatic carbocycles. The monoisotopic (exact) mass is 180 g/mol. The molecule has 0 aliphatic rings. The predicted octanol–water partition coefficient (Wildman–Crippen LogP) is 1.39. The third-order valence-corrected chi connectivity index (χ3v) is 1.79. The summed E-state index contributed by atoms with van der Waals surface area (Å²) < 4.78 is 4.98. The number of carbonyl (C=O) groups excluding carboxylic acids is 1. The lowest BCUT2D eigenvalue weighted by Gasteiger charge is -2.04. The molecule has 0 fully saturated rings. The van der Waals surface area contributed by atoms with Gasteiger partial charge in [-0.3, -0.25) is 4.79 Å². The number of carbonyl (C=O) groups is 1. The third-order valence-electron chi connectivity index (χ3n) is 1.79. The Kier molecular flexibility index (Phi) is 3.03. The second-order valence-electron chi connectivity index (χ2n) is 2.78. The molecule has 0 atom stereocenters. The standard InChI is InChI=1S/C10H12O3/c1-7(12)9-3-8(6-11)4-10(5-9)13-2/h3-5,11H,6H2,1-2H3. The molecule has 3 heteroatoms. The largest absolute Gasteiger partial charge is 0.497 e. The van der Waals surface area contributed by atoms with E-state index >= 15 is 0 Å². The maximum Gasteiger partial charge on any atom is 0.159 e.